The van der Waals surface area contributed by atoms with E-state index >= 15 is 0 Å². The molecule has 12 rings (SSSR count). The molecule has 81 heavy (non-hydrogen) atoms. The highest BCUT2D eigenvalue weighted by molar-refractivity contribution is 7.24. The van der Waals surface area contributed by atoms with Gasteiger partial charge in [-0.1, -0.05) is 47.5 Å². The van der Waals surface area contributed by atoms with E-state index in [1.165, 1.54) is 54.9 Å². The van der Waals surface area contributed by atoms with Crippen molar-refractivity contribution in [1.29, 1.82) is 0 Å². The maximum absolute atomic E-state index is 14.1. The van der Waals surface area contributed by atoms with Crippen molar-refractivity contribution < 1.29 is 14.3 Å². The van der Waals surface area contributed by atoms with Gasteiger partial charge in [0.05, 0.1) is 59.5 Å². The summed E-state index contributed by atoms with van der Waals surface area (Å²) in [5.41, 5.74) is 10.3. The van der Waals surface area contributed by atoms with Crippen molar-refractivity contribution in [2.75, 3.05) is 109 Å². The predicted octanol–water partition coefficient (Wildman–Crippen LogP) is 10.5. The number of ether oxygens (including phenoxy) is 1. The molecule has 3 N–H and O–H groups in total. The van der Waals surface area contributed by atoms with Gasteiger partial charge in [-0.25, -0.2) is 4.79 Å². The number of carbonyl (C=O) groups excluding carboxylic acids is 2. The summed E-state index contributed by atoms with van der Waals surface area (Å²) >= 11 is 16.6. The van der Waals surface area contributed by atoms with E-state index in [1.54, 1.807) is 6.92 Å². The predicted molar refractivity (Wildman–Crippen MR) is 339 cm³/mol. The number of benzene rings is 4. The summed E-state index contributed by atoms with van der Waals surface area (Å²) in [4.78, 5) is 69.6. The van der Waals surface area contributed by atoms with Crippen molar-refractivity contribution in [3.8, 4) is 0 Å². The van der Waals surface area contributed by atoms with Crippen LogP contribution < -0.4 is 31.7 Å². The first kappa shape index (κ1) is 58.8. The molecule has 4 fully saturated rings. The molecule has 4 aliphatic rings. The summed E-state index contributed by atoms with van der Waals surface area (Å²) in [6.07, 6.45) is 7.13. The van der Waals surface area contributed by atoms with Gasteiger partial charge in [0.25, 0.3) is 5.91 Å². The molecule has 8 aromatic rings. The second-order valence-corrected chi connectivity index (χ2v) is 25.5. The maximum atomic E-state index is 14.1. The van der Waals surface area contributed by atoms with Crippen LogP contribution in [0.3, 0.4) is 0 Å². The van der Waals surface area contributed by atoms with Gasteiger partial charge in [-0.15, -0.1) is 22.7 Å². The number of pyridine rings is 2. The summed E-state index contributed by atoms with van der Waals surface area (Å²) in [7, 11) is 4.33. The molecule has 2 unspecified atom stereocenters. The van der Waals surface area contributed by atoms with Crippen LogP contribution in [0.15, 0.2) is 82.4 Å². The highest BCUT2D eigenvalue weighted by Crippen LogP contribution is 2.38. The number of nitrogens with zero attached hydrogens (tertiary/aromatic N) is 8. The fraction of sp³-hybridized carbons (Fsp3) is 0.484. The first-order valence-corrected chi connectivity index (χ1v) is 31.4. The van der Waals surface area contributed by atoms with Crippen molar-refractivity contribution in [1.82, 2.24) is 33.7 Å². The first-order valence-electron chi connectivity index (χ1n) is 29.0. The van der Waals surface area contributed by atoms with Crippen LogP contribution in [-0.4, -0.2) is 164 Å². The Kier molecular flexibility index (Phi) is 18.6. The van der Waals surface area contributed by atoms with E-state index in [0.717, 1.165) is 122 Å². The lowest BCUT2D eigenvalue weighted by Gasteiger charge is -2.38. The van der Waals surface area contributed by atoms with Gasteiger partial charge in [0.2, 0.25) is 10.9 Å². The lowest BCUT2D eigenvalue weighted by atomic mass is 10.1. The van der Waals surface area contributed by atoms with Gasteiger partial charge in [0, 0.05) is 93.8 Å². The minimum Gasteiger partial charge on any atom is -0.462 e. The van der Waals surface area contributed by atoms with Gasteiger partial charge in [-0.2, -0.15) is 0 Å². The Hall–Kier alpha value is -5.34. The molecule has 4 aromatic heterocycles. The number of carbonyl (C=O) groups is 2. The SMILES string of the molecule is CC(C)N1CCN(c2cc3c(=O)c(C(=O)NCCC4CCCN4C)c4sc5ccccc5n4c3cc2Cl)CC1.CCOC(=O)c1c(=O)c2cc(N3CCN(C(C)C)CC3)c(Cl)cc2n2c1sc1ccccc12.CN1CCCC1CCN. The van der Waals surface area contributed by atoms with E-state index in [9.17, 15) is 19.2 Å². The Morgan fingerprint density at radius 2 is 1.07 bits per heavy atom. The van der Waals surface area contributed by atoms with E-state index < -0.39 is 5.97 Å². The van der Waals surface area contributed by atoms with Crippen LogP contribution in [0.2, 0.25) is 10.0 Å². The van der Waals surface area contributed by atoms with Crippen molar-refractivity contribution in [3.05, 3.63) is 114 Å². The summed E-state index contributed by atoms with van der Waals surface area (Å²) in [6.45, 7) is 21.7. The number of fused-ring (bicyclic) bond motifs is 10. The average molecular weight is 1180 g/mol. The fourth-order valence-electron chi connectivity index (χ4n) is 12.4. The van der Waals surface area contributed by atoms with Gasteiger partial charge < -0.3 is 35.4 Å². The lowest BCUT2D eigenvalue weighted by Crippen LogP contribution is -2.49. The largest absolute Gasteiger partial charge is 0.462 e. The maximum Gasteiger partial charge on any atom is 0.345 e. The zero-order chi connectivity index (χ0) is 57.2. The quantitative estimate of drug-likeness (QED) is 0.112. The third kappa shape index (κ3) is 12.1. The Morgan fingerprint density at radius 1 is 0.630 bits per heavy atom. The number of para-hydroxylation sites is 2. The normalized spacial score (nSPS) is 18.7. The first-order chi connectivity index (χ1) is 39.1. The average Bonchev–Trinajstić information content (AvgIpc) is 3.09. The van der Waals surface area contributed by atoms with Crippen LogP contribution in [0, 0.1) is 0 Å². The van der Waals surface area contributed by atoms with Crippen LogP contribution in [0.1, 0.15) is 93.9 Å². The number of anilines is 2. The molecule has 0 bridgehead atoms. The van der Waals surface area contributed by atoms with Crippen LogP contribution in [0.25, 0.3) is 51.9 Å². The molecule has 2 atom stereocenters. The van der Waals surface area contributed by atoms with E-state index in [4.69, 9.17) is 33.7 Å². The van der Waals surface area contributed by atoms with Gasteiger partial charge in [0.15, 0.2) is 0 Å². The molecule has 0 radical (unpaired) electrons. The molecule has 1 amide bonds. The minimum absolute atomic E-state index is 0.0865. The molecule has 8 heterocycles. The standard InChI is InChI=1S/C30H36ClN5O2S.C25H26ClN3O3S.C7H16N2/c1-19(2)34-13-15-35(16-14-34)25-17-21-24(18-22(25)31)36-23-8-4-5-9-26(23)39-30(36)27(28(21)37)29(38)32-11-10-20-7-6-12-33(20)3;1-4-32-25(31)22-23(30)16-13-20(28-11-9-27(10-12-28)15(2)3)17(26)14-19(16)29-18-7-5-6-8-21(18)33-24(22)29;1-9-6-2-3-7(9)4-5-8/h4-5,8-9,17-20H,6-7,10-16H2,1-3H3,(H,32,38);5-8,13-15H,4,9-12H2,1-3H3;7H,2-6,8H2,1H3. The van der Waals surface area contributed by atoms with Crippen molar-refractivity contribution >= 4 is 121 Å². The molecule has 0 spiro atoms. The Bertz CT molecular complexity index is 3710. The highest BCUT2D eigenvalue weighted by atomic mass is 35.5. The van der Waals surface area contributed by atoms with E-state index in [0.29, 0.717) is 60.7 Å². The van der Waals surface area contributed by atoms with Gasteiger partial charge in [0.1, 0.15) is 20.8 Å². The molecule has 0 aliphatic carbocycles. The molecular formula is C62H78Cl2N10O5S2. The Labute approximate surface area is 492 Å². The van der Waals surface area contributed by atoms with Gasteiger partial charge in [-0.3, -0.25) is 33.0 Å². The highest BCUT2D eigenvalue weighted by Gasteiger charge is 2.29. The summed E-state index contributed by atoms with van der Waals surface area (Å²) in [5.74, 6) is -0.885. The molecular weight excluding hydrogens is 1100 g/mol. The number of likely N-dealkylation sites (tertiary alicyclic amines) is 2. The number of halogens is 2. The van der Waals surface area contributed by atoms with E-state index in [-0.39, 0.29) is 34.5 Å². The molecule has 4 aromatic carbocycles. The number of nitrogens with two attached hydrogens (primary N) is 1. The summed E-state index contributed by atoms with van der Waals surface area (Å²) < 4.78 is 11.3. The topological polar surface area (TPSA) is 144 Å². The molecule has 15 nitrogen and oxygen atoms in total. The molecule has 4 saturated heterocycles. The second kappa shape index (κ2) is 25.7. The molecule has 0 saturated carbocycles. The number of piperazine rings is 2. The third-order valence-electron chi connectivity index (χ3n) is 17.1. The Balaban J connectivity index is 0.000000159. The lowest BCUT2D eigenvalue weighted by molar-refractivity contribution is 0.0527. The third-order valence-corrected chi connectivity index (χ3v) is 20.0. The second-order valence-electron chi connectivity index (χ2n) is 22.6. The number of esters is 1. The van der Waals surface area contributed by atoms with Crippen molar-refractivity contribution in [3.63, 3.8) is 0 Å². The monoisotopic (exact) mass is 1180 g/mol. The van der Waals surface area contributed by atoms with Crippen LogP contribution in [0.5, 0.6) is 0 Å². The molecule has 19 heteroatoms. The number of rotatable bonds is 12. The number of hydrogen-bond acceptors (Lipinski definition) is 14. The molecule has 432 valence electrons. The smallest absolute Gasteiger partial charge is 0.345 e. The summed E-state index contributed by atoms with van der Waals surface area (Å²) in [5, 5.41) is 5.32. The summed E-state index contributed by atoms with van der Waals surface area (Å²) in [6, 6.07) is 25.7. The minimum atomic E-state index is -0.587. The van der Waals surface area contributed by atoms with E-state index in [1.807, 2.05) is 81.6 Å². The van der Waals surface area contributed by atoms with Gasteiger partial charge in [-0.05, 0) is 155 Å². The van der Waals surface area contributed by atoms with Crippen LogP contribution in [0.4, 0.5) is 11.4 Å². The van der Waals surface area contributed by atoms with Crippen molar-refractivity contribution in [2.45, 2.75) is 97.3 Å². The number of thiazole rings is 2. The van der Waals surface area contributed by atoms with Crippen molar-refractivity contribution in [2.24, 2.45) is 5.73 Å². The van der Waals surface area contributed by atoms with Gasteiger partial charge >= 0.3 is 5.97 Å². The number of aromatic nitrogens is 2. The number of nitrogens with one attached hydrogen (secondary N) is 1. The fourth-order valence-corrected chi connectivity index (χ4v) is 15.4. The van der Waals surface area contributed by atoms with E-state index in [2.05, 4.69) is 76.5 Å². The number of amides is 1. The number of hydrogen-bond donors (Lipinski definition) is 2. The molecule has 4 aliphatic heterocycles. The van der Waals surface area contributed by atoms with Crippen LogP contribution in [-0.2, 0) is 4.74 Å². The Morgan fingerprint density at radius 3 is 1.51 bits per heavy atom. The zero-order valence-corrected chi connectivity index (χ0v) is 51.1. The van der Waals surface area contributed by atoms with Crippen LogP contribution >= 0.6 is 45.9 Å². The zero-order valence-electron chi connectivity index (χ0n) is 47.9.